The molecule has 0 saturated carbocycles. The molecule has 2 rings (SSSR count). The molecule has 0 aliphatic carbocycles. The Morgan fingerprint density at radius 2 is 1.57 bits per heavy atom. The Bertz CT molecular complexity index is 591. The maximum absolute atomic E-state index is 13.8. The van der Waals surface area contributed by atoms with Gasteiger partial charge in [0.1, 0.15) is 11.6 Å². The van der Waals surface area contributed by atoms with E-state index in [4.69, 9.17) is 0 Å². The number of nitrogens with one attached hydrogen (secondary N) is 1. The maximum Gasteiger partial charge on any atom is 0.126 e. The Labute approximate surface area is 125 Å². The molecule has 0 heterocycles. The Kier molecular flexibility index (Phi) is 5.07. The highest BCUT2D eigenvalue weighted by atomic mass is 19.1. The molecule has 0 aliphatic heterocycles. The molecule has 0 saturated heterocycles. The van der Waals surface area contributed by atoms with Crippen LogP contribution in [0.4, 0.5) is 8.78 Å². The van der Waals surface area contributed by atoms with Crippen LogP contribution in [0, 0.1) is 11.6 Å². The lowest BCUT2D eigenvalue weighted by atomic mass is 9.95. The maximum atomic E-state index is 13.8. The summed E-state index contributed by atoms with van der Waals surface area (Å²) >= 11 is 0. The fourth-order valence-electron chi connectivity index (χ4n) is 2.42. The van der Waals surface area contributed by atoms with Crippen molar-refractivity contribution in [2.24, 2.45) is 0 Å². The number of hydrogen-bond acceptors (Lipinski definition) is 1. The topological polar surface area (TPSA) is 12.0 Å². The molecule has 0 fully saturated rings. The minimum absolute atomic E-state index is 0.0393. The fraction of sp³-hybridized carbons (Fsp3) is 0.333. The molecule has 112 valence electrons. The Morgan fingerprint density at radius 3 is 2.14 bits per heavy atom. The third-order valence-corrected chi connectivity index (χ3v) is 3.79. The zero-order valence-corrected chi connectivity index (χ0v) is 12.7. The highest BCUT2D eigenvalue weighted by Gasteiger charge is 2.14. The summed E-state index contributed by atoms with van der Waals surface area (Å²) < 4.78 is 27.0. The normalized spacial score (nSPS) is 12.7. The lowest BCUT2D eigenvalue weighted by molar-refractivity contribution is 0.544. The van der Waals surface area contributed by atoms with Gasteiger partial charge in [-0.15, -0.1) is 0 Å². The van der Waals surface area contributed by atoms with Gasteiger partial charge in [-0.05, 0) is 54.3 Å². The van der Waals surface area contributed by atoms with Gasteiger partial charge in [-0.1, -0.05) is 38.1 Å². The van der Waals surface area contributed by atoms with Crippen LogP contribution in [0.1, 0.15) is 42.5 Å². The van der Waals surface area contributed by atoms with E-state index in [1.807, 2.05) is 19.2 Å². The highest BCUT2D eigenvalue weighted by Crippen LogP contribution is 2.23. The second kappa shape index (κ2) is 6.81. The standard InChI is InChI=1S/C18H21F2N/c1-12(2)13-4-6-14(7-5-13)18(21-3)11-15-10-16(19)8-9-17(15)20/h4-10,12,18,21H,11H2,1-3H3. The fourth-order valence-corrected chi connectivity index (χ4v) is 2.42. The van der Waals surface area contributed by atoms with Gasteiger partial charge in [0.2, 0.25) is 0 Å². The lowest BCUT2D eigenvalue weighted by Crippen LogP contribution is -2.19. The van der Waals surface area contributed by atoms with E-state index in [2.05, 4.69) is 31.3 Å². The highest BCUT2D eigenvalue weighted by molar-refractivity contribution is 5.29. The molecule has 0 aliphatic rings. The molecular formula is C18H21F2N. The van der Waals surface area contributed by atoms with E-state index < -0.39 is 5.82 Å². The summed E-state index contributed by atoms with van der Waals surface area (Å²) in [4.78, 5) is 0. The predicted octanol–water partition coefficient (Wildman–Crippen LogP) is 4.59. The Morgan fingerprint density at radius 1 is 0.952 bits per heavy atom. The molecule has 1 nitrogen and oxygen atoms in total. The van der Waals surface area contributed by atoms with Crippen LogP contribution in [-0.2, 0) is 6.42 Å². The van der Waals surface area contributed by atoms with Crippen molar-refractivity contribution in [1.29, 1.82) is 0 Å². The molecule has 0 spiro atoms. The third-order valence-electron chi connectivity index (χ3n) is 3.79. The van der Waals surface area contributed by atoms with E-state index in [0.29, 0.717) is 17.9 Å². The van der Waals surface area contributed by atoms with E-state index in [0.717, 1.165) is 11.6 Å². The second-order valence-electron chi connectivity index (χ2n) is 5.60. The van der Waals surface area contributed by atoms with Gasteiger partial charge in [-0.3, -0.25) is 0 Å². The largest absolute Gasteiger partial charge is 0.313 e. The first kappa shape index (κ1) is 15.6. The number of hydrogen-bond donors (Lipinski definition) is 1. The quantitative estimate of drug-likeness (QED) is 0.848. The number of likely N-dealkylation sites (N-methyl/N-ethyl adjacent to an activating group) is 1. The van der Waals surface area contributed by atoms with Gasteiger partial charge in [-0.25, -0.2) is 8.78 Å². The summed E-state index contributed by atoms with van der Waals surface area (Å²) in [5.41, 5.74) is 2.73. The van der Waals surface area contributed by atoms with Crippen LogP contribution in [0.3, 0.4) is 0 Å². The van der Waals surface area contributed by atoms with Crippen LogP contribution >= 0.6 is 0 Å². The van der Waals surface area contributed by atoms with Crippen molar-refractivity contribution in [3.8, 4) is 0 Å². The van der Waals surface area contributed by atoms with Crippen molar-refractivity contribution in [1.82, 2.24) is 5.32 Å². The van der Waals surface area contributed by atoms with Crippen LogP contribution in [0.2, 0.25) is 0 Å². The van der Waals surface area contributed by atoms with Gasteiger partial charge in [0, 0.05) is 6.04 Å². The molecule has 0 amide bonds. The summed E-state index contributed by atoms with van der Waals surface area (Å²) in [5.74, 6) is -0.292. The summed E-state index contributed by atoms with van der Waals surface area (Å²) in [6.07, 6.45) is 0.418. The summed E-state index contributed by atoms with van der Waals surface area (Å²) in [6, 6.07) is 11.8. The lowest BCUT2D eigenvalue weighted by Gasteiger charge is -2.18. The van der Waals surface area contributed by atoms with Crippen LogP contribution in [0.15, 0.2) is 42.5 Å². The van der Waals surface area contributed by atoms with Gasteiger partial charge in [-0.2, -0.15) is 0 Å². The monoisotopic (exact) mass is 289 g/mol. The number of halogens is 2. The molecule has 21 heavy (non-hydrogen) atoms. The van der Waals surface area contributed by atoms with Crippen molar-refractivity contribution < 1.29 is 8.78 Å². The molecule has 3 heteroatoms. The second-order valence-corrected chi connectivity index (χ2v) is 5.60. The first-order valence-corrected chi connectivity index (χ1v) is 7.22. The SMILES string of the molecule is CNC(Cc1cc(F)ccc1F)c1ccc(C(C)C)cc1. The van der Waals surface area contributed by atoms with Crippen LogP contribution in [0.5, 0.6) is 0 Å². The minimum atomic E-state index is -0.406. The van der Waals surface area contributed by atoms with E-state index in [1.165, 1.54) is 17.7 Å². The predicted molar refractivity (Wildman–Crippen MR) is 82.4 cm³/mol. The average Bonchev–Trinajstić information content (AvgIpc) is 2.48. The Hall–Kier alpha value is -1.74. The molecule has 0 aromatic heterocycles. The van der Waals surface area contributed by atoms with E-state index >= 15 is 0 Å². The van der Waals surface area contributed by atoms with E-state index in [9.17, 15) is 8.78 Å². The van der Waals surface area contributed by atoms with Crippen LogP contribution < -0.4 is 5.32 Å². The molecular weight excluding hydrogens is 268 g/mol. The smallest absolute Gasteiger partial charge is 0.126 e. The van der Waals surface area contributed by atoms with Crippen molar-refractivity contribution in [2.75, 3.05) is 7.05 Å². The van der Waals surface area contributed by atoms with Crippen LogP contribution in [-0.4, -0.2) is 7.05 Å². The first-order valence-electron chi connectivity index (χ1n) is 7.22. The minimum Gasteiger partial charge on any atom is -0.313 e. The zero-order valence-electron chi connectivity index (χ0n) is 12.7. The van der Waals surface area contributed by atoms with Crippen molar-refractivity contribution in [2.45, 2.75) is 32.2 Å². The molecule has 1 N–H and O–H groups in total. The van der Waals surface area contributed by atoms with E-state index in [1.54, 1.807) is 0 Å². The number of rotatable bonds is 5. The van der Waals surface area contributed by atoms with Gasteiger partial charge in [0.05, 0.1) is 0 Å². The molecule has 0 bridgehead atoms. The summed E-state index contributed by atoms with van der Waals surface area (Å²) in [6.45, 7) is 4.29. The molecule has 1 unspecified atom stereocenters. The van der Waals surface area contributed by atoms with Crippen molar-refractivity contribution >= 4 is 0 Å². The van der Waals surface area contributed by atoms with Gasteiger partial charge < -0.3 is 5.32 Å². The molecule has 0 radical (unpaired) electrons. The number of benzene rings is 2. The first-order chi connectivity index (χ1) is 10.0. The van der Waals surface area contributed by atoms with Crippen molar-refractivity contribution in [3.63, 3.8) is 0 Å². The van der Waals surface area contributed by atoms with Crippen molar-refractivity contribution in [3.05, 3.63) is 70.8 Å². The zero-order chi connectivity index (χ0) is 15.4. The third kappa shape index (κ3) is 3.88. The summed E-state index contributed by atoms with van der Waals surface area (Å²) in [7, 11) is 1.83. The van der Waals surface area contributed by atoms with Crippen LogP contribution in [0.25, 0.3) is 0 Å². The van der Waals surface area contributed by atoms with E-state index in [-0.39, 0.29) is 11.9 Å². The van der Waals surface area contributed by atoms with Gasteiger partial charge in [0.25, 0.3) is 0 Å². The molecule has 1 atom stereocenters. The van der Waals surface area contributed by atoms with Gasteiger partial charge >= 0.3 is 0 Å². The van der Waals surface area contributed by atoms with Gasteiger partial charge in [0.15, 0.2) is 0 Å². The Balaban J connectivity index is 2.21. The molecule has 2 aromatic rings. The summed E-state index contributed by atoms with van der Waals surface area (Å²) in [5, 5.41) is 3.17. The average molecular weight is 289 g/mol. The molecule has 2 aromatic carbocycles.